The van der Waals surface area contributed by atoms with Gasteiger partial charge in [0.1, 0.15) is 11.6 Å². The molecular formula is C12H18FNO2. The monoisotopic (exact) mass is 227 g/mol. The second-order valence-corrected chi connectivity index (χ2v) is 3.98. The van der Waals surface area contributed by atoms with Crippen LogP contribution in [0.1, 0.15) is 19.4 Å². The Kier molecular flexibility index (Phi) is 5.22. The number of methoxy groups -OCH3 is 1. The van der Waals surface area contributed by atoms with Gasteiger partial charge in [0.2, 0.25) is 0 Å². The predicted molar refractivity (Wildman–Crippen MR) is 60.6 cm³/mol. The van der Waals surface area contributed by atoms with Gasteiger partial charge in [0.15, 0.2) is 0 Å². The minimum atomic E-state index is -0.292. The van der Waals surface area contributed by atoms with Crippen molar-refractivity contribution in [3.05, 3.63) is 29.6 Å². The Morgan fingerprint density at radius 2 is 2.12 bits per heavy atom. The summed E-state index contributed by atoms with van der Waals surface area (Å²) in [7, 11) is 1.51. The number of rotatable bonds is 6. The standard InChI is InChI=1S/C12H18FNO2/c1-9(2)8-16-14-7-10-4-5-11(15-3)6-12(10)13/h4-6,9,14H,7-8H2,1-3H3. The van der Waals surface area contributed by atoms with Gasteiger partial charge in [-0.15, -0.1) is 0 Å². The third kappa shape index (κ3) is 4.16. The summed E-state index contributed by atoms with van der Waals surface area (Å²) >= 11 is 0. The average molecular weight is 227 g/mol. The summed E-state index contributed by atoms with van der Waals surface area (Å²) in [5.41, 5.74) is 3.29. The summed E-state index contributed by atoms with van der Waals surface area (Å²) in [5, 5.41) is 0. The zero-order valence-electron chi connectivity index (χ0n) is 9.92. The molecule has 0 fully saturated rings. The highest BCUT2D eigenvalue weighted by Crippen LogP contribution is 2.15. The molecular weight excluding hydrogens is 209 g/mol. The van der Waals surface area contributed by atoms with Gasteiger partial charge in [0, 0.05) is 18.2 Å². The molecule has 0 aliphatic carbocycles. The van der Waals surface area contributed by atoms with Gasteiger partial charge in [0.25, 0.3) is 0 Å². The Hall–Kier alpha value is -1.13. The second kappa shape index (κ2) is 6.45. The molecule has 0 saturated carbocycles. The van der Waals surface area contributed by atoms with Crippen LogP contribution in [-0.2, 0) is 11.4 Å². The lowest BCUT2D eigenvalue weighted by Crippen LogP contribution is -2.18. The van der Waals surface area contributed by atoms with E-state index in [4.69, 9.17) is 9.57 Å². The first kappa shape index (κ1) is 12.9. The molecule has 3 nitrogen and oxygen atoms in total. The molecule has 0 aliphatic heterocycles. The SMILES string of the molecule is COc1ccc(CNOCC(C)C)c(F)c1. The minimum Gasteiger partial charge on any atom is -0.497 e. The Labute approximate surface area is 95.5 Å². The van der Waals surface area contributed by atoms with Crippen molar-refractivity contribution in [2.75, 3.05) is 13.7 Å². The topological polar surface area (TPSA) is 30.5 Å². The molecule has 0 amide bonds. The Bertz CT molecular complexity index is 329. The largest absolute Gasteiger partial charge is 0.497 e. The number of benzene rings is 1. The zero-order chi connectivity index (χ0) is 12.0. The van der Waals surface area contributed by atoms with Crippen molar-refractivity contribution in [1.29, 1.82) is 0 Å². The molecule has 1 aromatic rings. The van der Waals surface area contributed by atoms with E-state index in [-0.39, 0.29) is 5.82 Å². The molecule has 0 unspecified atom stereocenters. The van der Waals surface area contributed by atoms with Crippen LogP contribution in [0.2, 0.25) is 0 Å². The Balaban J connectivity index is 2.42. The highest BCUT2D eigenvalue weighted by molar-refractivity contribution is 5.28. The smallest absolute Gasteiger partial charge is 0.131 e. The van der Waals surface area contributed by atoms with Gasteiger partial charge < -0.3 is 9.57 Å². The number of ether oxygens (including phenoxy) is 1. The lowest BCUT2D eigenvalue weighted by molar-refractivity contribution is 0.0191. The molecule has 0 heterocycles. The average Bonchev–Trinajstić information content (AvgIpc) is 2.25. The molecule has 0 atom stereocenters. The Morgan fingerprint density at radius 1 is 1.38 bits per heavy atom. The number of hydroxylamine groups is 1. The van der Waals surface area contributed by atoms with Crippen molar-refractivity contribution in [1.82, 2.24) is 5.48 Å². The van der Waals surface area contributed by atoms with Crippen LogP contribution in [0, 0.1) is 11.7 Å². The van der Waals surface area contributed by atoms with Crippen molar-refractivity contribution in [3.8, 4) is 5.75 Å². The van der Waals surface area contributed by atoms with Gasteiger partial charge in [-0.2, -0.15) is 5.48 Å². The van der Waals surface area contributed by atoms with E-state index in [1.165, 1.54) is 13.2 Å². The lowest BCUT2D eigenvalue weighted by atomic mass is 10.2. The molecule has 0 aliphatic rings. The molecule has 0 aromatic heterocycles. The molecule has 1 rings (SSSR count). The van der Waals surface area contributed by atoms with Gasteiger partial charge in [-0.3, -0.25) is 0 Å². The van der Waals surface area contributed by atoms with E-state index in [9.17, 15) is 4.39 Å². The molecule has 0 saturated heterocycles. The summed E-state index contributed by atoms with van der Waals surface area (Å²) in [6.45, 7) is 5.06. The van der Waals surface area contributed by atoms with Crippen LogP contribution in [0.5, 0.6) is 5.75 Å². The summed E-state index contributed by atoms with van der Waals surface area (Å²) in [5.74, 6) is 0.678. The van der Waals surface area contributed by atoms with Gasteiger partial charge >= 0.3 is 0 Å². The first-order chi connectivity index (χ1) is 7.63. The van der Waals surface area contributed by atoms with Crippen molar-refractivity contribution in [3.63, 3.8) is 0 Å². The normalized spacial score (nSPS) is 10.8. The van der Waals surface area contributed by atoms with Crippen LogP contribution in [0.15, 0.2) is 18.2 Å². The van der Waals surface area contributed by atoms with E-state index < -0.39 is 0 Å². The van der Waals surface area contributed by atoms with E-state index in [1.54, 1.807) is 12.1 Å². The Morgan fingerprint density at radius 3 is 2.69 bits per heavy atom. The van der Waals surface area contributed by atoms with Crippen LogP contribution in [-0.4, -0.2) is 13.7 Å². The molecule has 1 aromatic carbocycles. The summed E-state index contributed by atoms with van der Waals surface area (Å²) in [6.07, 6.45) is 0. The van der Waals surface area contributed by atoms with Crippen molar-refractivity contribution in [2.24, 2.45) is 5.92 Å². The molecule has 0 spiro atoms. The van der Waals surface area contributed by atoms with Crippen molar-refractivity contribution in [2.45, 2.75) is 20.4 Å². The van der Waals surface area contributed by atoms with E-state index in [0.29, 0.717) is 30.4 Å². The summed E-state index contributed by atoms with van der Waals surface area (Å²) in [6, 6.07) is 4.77. The van der Waals surface area contributed by atoms with E-state index >= 15 is 0 Å². The van der Waals surface area contributed by atoms with Gasteiger partial charge in [-0.25, -0.2) is 4.39 Å². The lowest BCUT2D eigenvalue weighted by Gasteiger charge is -2.09. The third-order valence-electron chi connectivity index (χ3n) is 2.04. The summed E-state index contributed by atoms with van der Waals surface area (Å²) < 4.78 is 18.4. The van der Waals surface area contributed by atoms with E-state index in [1.807, 2.05) is 0 Å². The maximum atomic E-state index is 13.4. The van der Waals surface area contributed by atoms with Crippen LogP contribution in [0.3, 0.4) is 0 Å². The number of hydrogen-bond donors (Lipinski definition) is 1. The number of hydrogen-bond acceptors (Lipinski definition) is 3. The third-order valence-corrected chi connectivity index (χ3v) is 2.04. The molecule has 0 radical (unpaired) electrons. The van der Waals surface area contributed by atoms with Crippen LogP contribution >= 0.6 is 0 Å². The van der Waals surface area contributed by atoms with E-state index in [2.05, 4.69) is 19.3 Å². The minimum absolute atomic E-state index is 0.292. The quantitative estimate of drug-likeness (QED) is 0.598. The van der Waals surface area contributed by atoms with Crippen molar-refractivity contribution >= 4 is 0 Å². The summed E-state index contributed by atoms with van der Waals surface area (Å²) in [4.78, 5) is 5.16. The van der Waals surface area contributed by atoms with Gasteiger partial charge in [0.05, 0.1) is 13.7 Å². The first-order valence-corrected chi connectivity index (χ1v) is 5.30. The van der Waals surface area contributed by atoms with Crippen LogP contribution < -0.4 is 10.2 Å². The predicted octanol–water partition coefficient (Wildman–Crippen LogP) is 2.51. The second-order valence-electron chi connectivity index (χ2n) is 3.98. The van der Waals surface area contributed by atoms with Crippen LogP contribution in [0.25, 0.3) is 0 Å². The molecule has 4 heteroatoms. The first-order valence-electron chi connectivity index (χ1n) is 5.30. The molecule has 16 heavy (non-hydrogen) atoms. The maximum Gasteiger partial charge on any atom is 0.131 e. The highest BCUT2D eigenvalue weighted by atomic mass is 19.1. The number of halogens is 1. The fraction of sp³-hybridized carbons (Fsp3) is 0.500. The van der Waals surface area contributed by atoms with Gasteiger partial charge in [-0.05, 0) is 12.0 Å². The molecule has 1 N–H and O–H groups in total. The molecule has 0 bridgehead atoms. The maximum absolute atomic E-state index is 13.4. The fourth-order valence-corrected chi connectivity index (χ4v) is 1.15. The highest BCUT2D eigenvalue weighted by Gasteiger charge is 2.03. The van der Waals surface area contributed by atoms with Crippen LogP contribution in [0.4, 0.5) is 4.39 Å². The number of nitrogens with one attached hydrogen (secondary N) is 1. The molecule has 90 valence electrons. The van der Waals surface area contributed by atoms with Crippen molar-refractivity contribution < 1.29 is 14.0 Å². The van der Waals surface area contributed by atoms with E-state index in [0.717, 1.165) is 0 Å². The zero-order valence-corrected chi connectivity index (χ0v) is 9.92. The van der Waals surface area contributed by atoms with Gasteiger partial charge in [-0.1, -0.05) is 19.9 Å². The fourth-order valence-electron chi connectivity index (χ4n) is 1.15.